The Balaban J connectivity index is 2.07. The Morgan fingerprint density at radius 3 is 2.89 bits per heavy atom. The molecule has 110 valence electrons. The molecule has 2 aliphatic heterocycles. The maximum absolute atomic E-state index is 6.16. The van der Waals surface area contributed by atoms with E-state index in [0.29, 0.717) is 0 Å². The second kappa shape index (κ2) is 7.67. The van der Waals surface area contributed by atoms with Gasteiger partial charge in [-0.1, -0.05) is 5.57 Å². The van der Waals surface area contributed by atoms with Gasteiger partial charge in [0, 0.05) is 7.11 Å². The molecule has 2 saturated heterocycles. The van der Waals surface area contributed by atoms with Gasteiger partial charge in [-0.3, -0.25) is 0 Å². The molecule has 0 aromatic carbocycles. The highest BCUT2D eigenvalue weighted by atomic mass is 32.2. The van der Waals surface area contributed by atoms with Crippen molar-refractivity contribution in [2.75, 3.05) is 38.4 Å². The summed E-state index contributed by atoms with van der Waals surface area (Å²) >= 11 is 2.06. The predicted octanol–water partition coefficient (Wildman–Crippen LogP) is 2.74. The van der Waals surface area contributed by atoms with E-state index < -0.39 is 0 Å². The number of hydrogen-bond donors (Lipinski definition) is 1. The van der Waals surface area contributed by atoms with Crippen molar-refractivity contribution < 1.29 is 9.47 Å². The Labute approximate surface area is 121 Å². The second-order valence-electron chi connectivity index (χ2n) is 5.60. The van der Waals surface area contributed by atoms with Gasteiger partial charge in [0.25, 0.3) is 0 Å². The van der Waals surface area contributed by atoms with Crippen LogP contribution in [-0.2, 0) is 9.47 Å². The summed E-state index contributed by atoms with van der Waals surface area (Å²) < 4.78 is 11.5. The SMILES string of the molecule is COCC(CCCN)=C1CCOC2(CCSCC2)C1. The van der Waals surface area contributed by atoms with Crippen LogP contribution in [0.5, 0.6) is 0 Å². The highest BCUT2D eigenvalue weighted by molar-refractivity contribution is 7.99. The van der Waals surface area contributed by atoms with E-state index in [1.807, 2.05) is 0 Å². The van der Waals surface area contributed by atoms with Crippen LogP contribution in [0, 0.1) is 0 Å². The molecule has 2 heterocycles. The number of thioether (sulfide) groups is 1. The summed E-state index contributed by atoms with van der Waals surface area (Å²) in [5.41, 5.74) is 8.86. The van der Waals surface area contributed by atoms with Crippen molar-refractivity contribution in [3.63, 3.8) is 0 Å². The van der Waals surface area contributed by atoms with Crippen LogP contribution in [0.4, 0.5) is 0 Å². The minimum atomic E-state index is 0.139. The van der Waals surface area contributed by atoms with Crippen molar-refractivity contribution in [2.45, 2.75) is 44.1 Å². The molecule has 2 aliphatic rings. The van der Waals surface area contributed by atoms with E-state index in [1.165, 1.54) is 29.9 Å². The van der Waals surface area contributed by atoms with Crippen molar-refractivity contribution >= 4 is 11.8 Å². The van der Waals surface area contributed by atoms with Crippen molar-refractivity contribution in [3.8, 4) is 0 Å². The van der Waals surface area contributed by atoms with Gasteiger partial charge in [-0.05, 0) is 62.1 Å². The summed E-state index contributed by atoms with van der Waals surface area (Å²) in [7, 11) is 1.79. The van der Waals surface area contributed by atoms with Gasteiger partial charge in [0.05, 0.1) is 18.8 Å². The quantitative estimate of drug-likeness (QED) is 0.789. The number of ether oxygens (including phenoxy) is 2. The second-order valence-corrected chi connectivity index (χ2v) is 6.83. The molecule has 0 amide bonds. The number of methoxy groups -OCH3 is 1. The highest BCUT2D eigenvalue weighted by Gasteiger charge is 2.37. The van der Waals surface area contributed by atoms with Gasteiger partial charge in [0.2, 0.25) is 0 Å². The van der Waals surface area contributed by atoms with E-state index in [9.17, 15) is 0 Å². The summed E-state index contributed by atoms with van der Waals surface area (Å²) in [4.78, 5) is 0. The third kappa shape index (κ3) is 4.22. The largest absolute Gasteiger partial charge is 0.380 e. The average Bonchev–Trinajstić information content (AvgIpc) is 2.44. The topological polar surface area (TPSA) is 44.5 Å². The predicted molar refractivity (Wildman–Crippen MR) is 81.7 cm³/mol. The molecule has 0 aliphatic carbocycles. The fourth-order valence-corrected chi connectivity index (χ4v) is 4.36. The number of rotatable bonds is 5. The minimum absolute atomic E-state index is 0.139. The molecule has 3 nitrogen and oxygen atoms in total. The zero-order chi connectivity index (χ0) is 13.6. The first-order valence-corrected chi connectivity index (χ1v) is 8.55. The summed E-state index contributed by atoms with van der Waals surface area (Å²) in [6, 6.07) is 0. The number of nitrogens with two attached hydrogens (primary N) is 1. The van der Waals surface area contributed by atoms with Gasteiger partial charge in [-0.15, -0.1) is 0 Å². The zero-order valence-electron chi connectivity index (χ0n) is 12.1. The van der Waals surface area contributed by atoms with Crippen molar-refractivity contribution in [3.05, 3.63) is 11.1 Å². The van der Waals surface area contributed by atoms with Crippen molar-refractivity contribution in [2.24, 2.45) is 5.73 Å². The van der Waals surface area contributed by atoms with Gasteiger partial charge in [0.1, 0.15) is 0 Å². The van der Waals surface area contributed by atoms with Gasteiger partial charge in [-0.25, -0.2) is 0 Å². The van der Waals surface area contributed by atoms with E-state index in [2.05, 4.69) is 11.8 Å². The first-order valence-electron chi connectivity index (χ1n) is 7.40. The Morgan fingerprint density at radius 1 is 1.42 bits per heavy atom. The molecule has 2 rings (SSSR count). The molecule has 0 saturated carbocycles. The van der Waals surface area contributed by atoms with E-state index in [-0.39, 0.29) is 5.60 Å². The molecular weight excluding hydrogens is 258 g/mol. The molecule has 1 spiro atoms. The smallest absolute Gasteiger partial charge is 0.0735 e. The summed E-state index contributed by atoms with van der Waals surface area (Å²) in [6.07, 6.45) is 6.77. The Morgan fingerprint density at radius 2 is 2.21 bits per heavy atom. The van der Waals surface area contributed by atoms with Crippen molar-refractivity contribution in [1.29, 1.82) is 0 Å². The highest BCUT2D eigenvalue weighted by Crippen LogP contribution is 2.40. The molecule has 0 atom stereocenters. The average molecular weight is 285 g/mol. The maximum atomic E-state index is 6.16. The van der Waals surface area contributed by atoms with Gasteiger partial charge in [0.15, 0.2) is 0 Å². The Kier molecular flexibility index (Phi) is 6.20. The zero-order valence-corrected chi connectivity index (χ0v) is 12.9. The monoisotopic (exact) mass is 285 g/mol. The normalized spacial score (nSPS) is 25.6. The van der Waals surface area contributed by atoms with Crippen LogP contribution >= 0.6 is 11.8 Å². The molecule has 0 bridgehead atoms. The lowest BCUT2D eigenvalue weighted by molar-refractivity contribution is -0.0670. The van der Waals surface area contributed by atoms with E-state index >= 15 is 0 Å². The van der Waals surface area contributed by atoms with Crippen LogP contribution in [0.25, 0.3) is 0 Å². The molecule has 19 heavy (non-hydrogen) atoms. The van der Waals surface area contributed by atoms with Crippen molar-refractivity contribution in [1.82, 2.24) is 0 Å². The molecular formula is C15H27NO2S. The first-order chi connectivity index (χ1) is 9.29. The van der Waals surface area contributed by atoms with E-state index in [0.717, 1.165) is 45.4 Å². The maximum Gasteiger partial charge on any atom is 0.0735 e. The molecule has 2 N–H and O–H groups in total. The van der Waals surface area contributed by atoms with E-state index in [4.69, 9.17) is 15.2 Å². The molecule has 2 fully saturated rings. The van der Waals surface area contributed by atoms with Gasteiger partial charge < -0.3 is 15.2 Å². The first kappa shape index (κ1) is 15.4. The van der Waals surface area contributed by atoms with Crippen LogP contribution < -0.4 is 5.73 Å². The minimum Gasteiger partial charge on any atom is -0.380 e. The third-order valence-electron chi connectivity index (χ3n) is 4.25. The molecule has 0 aromatic heterocycles. The van der Waals surface area contributed by atoms with Crippen LogP contribution in [-0.4, -0.2) is 44.0 Å². The van der Waals surface area contributed by atoms with E-state index in [1.54, 1.807) is 12.7 Å². The molecule has 0 radical (unpaired) electrons. The van der Waals surface area contributed by atoms with Gasteiger partial charge in [-0.2, -0.15) is 11.8 Å². The summed E-state index contributed by atoms with van der Waals surface area (Å²) in [5, 5.41) is 0. The van der Waals surface area contributed by atoms with Crippen LogP contribution in [0.2, 0.25) is 0 Å². The Hall–Kier alpha value is -0.0300. The summed E-state index contributed by atoms with van der Waals surface area (Å²) in [5.74, 6) is 2.49. The third-order valence-corrected chi connectivity index (χ3v) is 5.24. The van der Waals surface area contributed by atoms with Crippen LogP contribution in [0.3, 0.4) is 0 Å². The Bertz CT molecular complexity index is 306. The standard InChI is InChI=1S/C15H27NO2S/c1-17-12-14(3-2-7-16)13-4-8-18-15(11-13)5-9-19-10-6-15/h2-12,16H2,1H3. The van der Waals surface area contributed by atoms with Crippen LogP contribution in [0.1, 0.15) is 38.5 Å². The molecule has 4 heteroatoms. The van der Waals surface area contributed by atoms with Crippen LogP contribution in [0.15, 0.2) is 11.1 Å². The number of hydrogen-bond acceptors (Lipinski definition) is 4. The van der Waals surface area contributed by atoms with Gasteiger partial charge >= 0.3 is 0 Å². The fourth-order valence-electron chi connectivity index (χ4n) is 3.13. The summed E-state index contributed by atoms with van der Waals surface area (Å²) in [6.45, 7) is 2.41. The lowest BCUT2D eigenvalue weighted by Crippen LogP contribution is -2.40. The lowest BCUT2D eigenvalue weighted by atomic mass is 9.83. The molecule has 0 unspecified atom stereocenters. The fraction of sp³-hybridized carbons (Fsp3) is 0.867. The lowest BCUT2D eigenvalue weighted by Gasteiger charge is -2.42. The molecule has 0 aromatic rings.